The topological polar surface area (TPSA) is 38.8 Å². The Morgan fingerprint density at radius 2 is 1.70 bits per heavy atom. The van der Waals surface area contributed by atoms with Gasteiger partial charge >= 0.3 is 0 Å². The number of benzene rings is 2. The van der Waals surface area contributed by atoms with E-state index in [-0.39, 0.29) is 5.91 Å². The lowest BCUT2D eigenvalue weighted by Crippen LogP contribution is -2.44. The molecule has 140 valence electrons. The number of carbonyl (C=O) groups excluding carboxylic acids is 1. The Bertz CT molecular complexity index is 857. The highest BCUT2D eigenvalue weighted by Gasteiger charge is 2.27. The zero-order valence-electron chi connectivity index (χ0n) is 15.4. The van der Waals surface area contributed by atoms with Gasteiger partial charge in [0.15, 0.2) is 0 Å². The smallest absolute Gasteiger partial charge is 0.269 e. The fraction of sp³-hybridized carbons (Fsp3) is 0.286. The van der Waals surface area contributed by atoms with Crippen LogP contribution in [0.2, 0.25) is 5.02 Å². The molecular weight excluding hydrogens is 360 g/mol. The van der Waals surface area contributed by atoms with Gasteiger partial charge in [-0.3, -0.25) is 4.79 Å². The number of rotatable bonds is 3. The standard InChI is InChI=1S/C21H23ClN4O/c1-24-10-12-25(13-11-24)19-5-3-2-4-16(19)14-20-21(27)23-15-26(20)18-8-6-17(22)7-9-18/h2-9,14H,10-13,15H2,1H3,(H,23,27). The summed E-state index contributed by atoms with van der Waals surface area (Å²) in [5.74, 6) is -0.0573. The van der Waals surface area contributed by atoms with Crippen LogP contribution in [0.3, 0.4) is 0 Å². The summed E-state index contributed by atoms with van der Waals surface area (Å²) in [7, 11) is 2.15. The Balaban J connectivity index is 1.67. The number of carbonyl (C=O) groups is 1. The molecule has 0 spiro atoms. The number of hydrogen-bond donors (Lipinski definition) is 1. The van der Waals surface area contributed by atoms with Crippen molar-refractivity contribution in [2.24, 2.45) is 0 Å². The van der Waals surface area contributed by atoms with Crippen LogP contribution in [0.25, 0.3) is 6.08 Å². The summed E-state index contributed by atoms with van der Waals surface area (Å²) in [5, 5.41) is 3.61. The molecule has 0 radical (unpaired) electrons. The van der Waals surface area contributed by atoms with Gasteiger partial charge in [-0.1, -0.05) is 29.8 Å². The van der Waals surface area contributed by atoms with Gasteiger partial charge in [0, 0.05) is 48.1 Å². The number of nitrogens with one attached hydrogen (secondary N) is 1. The van der Waals surface area contributed by atoms with Crippen LogP contribution < -0.4 is 15.1 Å². The van der Waals surface area contributed by atoms with Crippen LogP contribution in [0, 0.1) is 0 Å². The number of amides is 1. The van der Waals surface area contributed by atoms with Crippen LogP contribution >= 0.6 is 11.6 Å². The Morgan fingerprint density at radius 1 is 1.00 bits per heavy atom. The van der Waals surface area contributed by atoms with Crippen LogP contribution in [0.5, 0.6) is 0 Å². The minimum absolute atomic E-state index is 0.0573. The van der Waals surface area contributed by atoms with Gasteiger partial charge < -0.3 is 20.0 Å². The third kappa shape index (κ3) is 3.80. The number of para-hydroxylation sites is 1. The van der Waals surface area contributed by atoms with Crippen molar-refractivity contribution in [3.8, 4) is 0 Å². The Hall–Kier alpha value is -2.50. The Labute approximate surface area is 164 Å². The molecule has 0 aromatic heterocycles. The maximum absolute atomic E-state index is 12.5. The minimum atomic E-state index is -0.0573. The molecule has 6 heteroatoms. The van der Waals surface area contributed by atoms with Crippen molar-refractivity contribution in [3.63, 3.8) is 0 Å². The average Bonchev–Trinajstić information content (AvgIpc) is 3.04. The SMILES string of the molecule is CN1CCN(c2ccccc2C=C2C(=O)NCN2c2ccc(Cl)cc2)CC1. The van der Waals surface area contributed by atoms with Gasteiger partial charge in [-0.15, -0.1) is 0 Å². The molecule has 27 heavy (non-hydrogen) atoms. The van der Waals surface area contributed by atoms with Crippen molar-refractivity contribution in [2.45, 2.75) is 0 Å². The predicted octanol–water partition coefficient (Wildman–Crippen LogP) is 3.03. The van der Waals surface area contributed by atoms with E-state index in [0.717, 1.165) is 37.4 Å². The first-order valence-electron chi connectivity index (χ1n) is 9.17. The van der Waals surface area contributed by atoms with E-state index in [1.165, 1.54) is 5.69 Å². The molecule has 2 aliphatic heterocycles. The normalized spacial score (nSPS) is 19.6. The van der Waals surface area contributed by atoms with Gasteiger partial charge in [-0.05, 0) is 43.5 Å². The molecule has 0 bridgehead atoms. The van der Waals surface area contributed by atoms with Crippen molar-refractivity contribution in [1.82, 2.24) is 10.2 Å². The summed E-state index contributed by atoms with van der Waals surface area (Å²) < 4.78 is 0. The van der Waals surface area contributed by atoms with Gasteiger partial charge in [0.25, 0.3) is 5.91 Å². The van der Waals surface area contributed by atoms with E-state index in [9.17, 15) is 4.79 Å². The number of piperazine rings is 1. The molecule has 2 aromatic carbocycles. The van der Waals surface area contributed by atoms with Crippen molar-refractivity contribution in [2.75, 3.05) is 49.7 Å². The van der Waals surface area contributed by atoms with Gasteiger partial charge in [0.1, 0.15) is 5.70 Å². The van der Waals surface area contributed by atoms with E-state index >= 15 is 0 Å². The summed E-state index contributed by atoms with van der Waals surface area (Å²) in [6.07, 6.45) is 1.99. The number of anilines is 2. The van der Waals surface area contributed by atoms with E-state index < -0.39 is 0 Å². The zero-order chi connectivity index (χ0) is 18.8. The summed E-state index contributed by atoms with van der Waals surface area (Å²) in [6, 6.07) is 15.8. The third-order valence-electron chi connectivity index (χ3n) is 5.13. The molecule has 2 aliphatic rings. The van der Waals surface area contributed by atoms with Crippen LogP contribution in [-0.2, 0) is 4.79 Å². The molecule has 0 atom stereocenters. The molecule has 4 rings (SSSR count). The molecule has 1 N–H and O–H groups in total. The van der Waals surface area contributed by atoms with Crippen molar-refractivity contribution in [1.29, 1.82) is 0 Å². The highest BCUT2D eigenvalue weighted by atomic mass is 35.5. The quantitative estimate of drug-likeness (QED) is 0.828. The third-order valence-corrected chi connectivity index (χ3v) is 5.38. The van der Waals surface area contributed by atoms with E-state index in [0.29, 0.717) is 17.4 Å². The summed E-state index contributed by atoms with van der Waals surface area (Å²) in [6.45, 7) is 4.53. The van der Waals surface area contributed by atoms with Crippen molar-refractivity contribution in [3.05, 3.63) is 64.8 Å². The number of likely N-dealkylation sites (N-methyl/N-ethyl adjacent to an activating group) is 1. The van der Waals surface area contributed by atoms with E-state index in [1.54, 1.807) is 0 Å². The highest BCUT2D eigenvalue weighted by molar-refractivity contribution is 6.30. The lowest BCUT2D eigenvalue weighted by Gasteiger charge is -2.35. The van der Waals surface area contributed by atoms with Crippen molar-refractivity contribution < 1.29 is 4.79 Å². The average molecular weight is 383 g/mol. The van der Waals surface area contributed by atoms with Gasteiger partial charge in [-0.2, -0.15) is 0 Å². The Kier molecular flexibility index (Phi) is 5.05. The van der Waals surface area contributed by atoms with Gasteiger partial charge in [0.05, 0.1) is 6.67 Å². The number of nitrogens with zero attached hydrogens (tertiary/aromatic N) is 3. The fourth-order valence-electron chi connectivity index (χ4n) is 3.54. The lowest BCUT2D eigenvalue weighted by atomic mass is 10.1. The molecule has 2 heterocycles. The second-order valence-electron chi connectivity index (χ2n) is 6.95. The van der Waals surface area contributed by atoms with Crippen LogP contribution in [0.1, 0.15) is 5.56 Å². The molecule has 0 saturated carbocycles. The van der Waals surface area contributed by atoms with Crippen LogP contribution in [-0.4, -0.2) is 50.7 Å². The minimum Gasteiger partial charge on any atom is -0.368 e. The molecule has 0 aliphatic carbocycles. The first-order valence-corrected chi connectivity index (χ1v) is 9.55. The molecule has 2 fully saturated rings. The number of hydrogen-bond acceptors (Lipinski definition) is 4. The maximum Gasteiger partial charge on any atom is 0.269 e. The summed E-state index contributed by atoms with van der Waals surface area (Å²) in [4.78, 5) is 19.2. The predicted molar refractivity (Wildman–Crippen MR) is 111 cm³/mol. The lowest BCUT2D eigenvalue weighted by molar-refractivity contribution is -0.116. The maximum atomic E-state index is 12.5. The molecule has 5 nitrogen and oxygen atoms in total. The van der Waals surface area contributed by atoms with E-state index in [2.05, 4.69) is 40.4 Å². The first-order chi connectivity index (χ1) is 13.1. The van der Waals surface area contributed by atoms with Crippen LogP contribution in [0.4, 0.5) is 11.4 Å². The van der Waals surface area contributed by atoms with Gasteiger partial charge in [-0.25, -0.2) is 0 Å². The number of halogens is 1. The zero-order valence-corrected chi connectivity index (χ0v) is 16.1. The van der Waals surface area contributed by atoms with E-state index in [1.807, 2.05) is 41.3 Å². The summed E-state index contributed by atoms with van der Waals surface area (Å²) in [5.41, 5.74) is 3.84. The molecule has 1 amide bonds. The highest BCUT2D eigenvalue weighted by Crippen LogP contribution is 2.29. The fourth-order valence-corrected chi connectivity index (χ4v) is 3.66. The second kappa shape index (κ2) is 7.62. The monoisotopic (exact) mass is 382 g/mol. The molecule has 0 unspecified atom stereocenters. The first kappa shape index (κ1) is 17.9. The van der Waals surface area contributed by atoms with Crippen molar-refractivity contribution >= 4 is 35.0 Å². The van der Waals surface area contributed by atoms with Crippen LogP contribution in [0.15, 0.2) is 54.2 Å². The largest absolute Gasteiger partial charge is 0.368 e. The Morgan fingerprint density at radius 3 is 2.44 bits per heavy atom. The molecule has 2 saturated heterocycles. The second-order valence-corrected chi connectivity index (χ2v) is 7.38. The molecular formula is C21H23ClN4O. The summed E-state index contributed by atoms with van der Waals surface area (Å²) >= 11 is 6.01. The van der Waals surface area contributed by atoms with E-state index in [4.69, 9.17) is 11.6 Å². The van der Waals surface area contributed by atoms with Gasteiger partial charge in [0.2, 0.25) is 0 Å². The molecule has 2 aromatic rings.